The van der Waals surface area contributed by atoms with Crippen molar-refractivity contribution in [3.05, 3.63) is 83.2 Å². The van der Waals surface area contributed by atoms with Crippen molar-refractivity contribution in [3.63, 3.8) is 0 Å². The number of aliphatic carboxylic acids is 1. The Kier molecular flexibility index (Phi) is 5.02. The molecule has 0 saturated carbocycles. The van der Waals surface area contributed by atoms with Crippen molar-refractivity contribution in [1.82, 2.24) is 20.5 Å². The zero-order valence-electron chi connectivity index (χ0n) is 16.5. The highest BCUT2D eigenvalue weighted by molar-refractivity contribution is 6.08. The fourth-order valence-corrected chi connectivity index (χ4v) is 3.57. The van der Waals surface area contributed by atoms with Crippen molar-refractivity contribution in [1.29, 1.82) is 0 Å². The molecule has 7 nitrogen and oxygen atoms in total. The maximum absolute atomic E-state index is 13.2. The lowest BCUT2D eigenvalue weighted by atomic mass is 10.0. The van der Waals surface area contributed by atoms with Gasteiger partial charge in [0.25, 0.3) is 5.91 Å². The van der Waals surface area contributed by atoms with Crippen LogP contribution in [0, 0.1) is 13.8 Å². The highest BCUT2D eigenvalue weighted by atomic mass is 16.4. The Hall–Kier alpha value is -4.00. The summed E-state index contributed by atoms with van der Waals surface area (Å²) in [5.74, 6) is -1.64. The first-order valence-electron chi connectivity index (χ1n) is 9.46. The van der Waals surface area contributed by atoms with Crippen molar-refractivity contribution in [2.75, 3.05) is 0 Å². The minimum absolute atomic E-state index is 0.365. The summed E-state index contributed by atoms with van der Waals surface area (Å²) in [6, 6.07) is 17.3. The molecule has 0 aliphatic carbocycles. The molecule has 1 amide bonds. The van der Waals surface area contributed by atoms with E-state index in [1.165, 1.54) is 0 Å². The number of aryl methyl sites for hydroxylation is 2. The van der Waals surface area contributed by atoms with Gasteiger partial charge in [-0.05, 0) is 26.0 Å². The average Bonchev–Trinajstić information content (AvgIpc) is 3.09. The van der Waals surface area contributed by atoms with E-state index in [4.69, 9.17) is 0 Å². The Morgan fingerprint density at radius 2 is 1.73 bits per heavy atom. The Labute approximate surface area is 172 Å². The van der Waals surface area contributed by atoms with Gasteiger partial charge in [-0.25, -0.2) is 9.78 Å². The number of fused-ring (bicyclic) bond motifs is 1. The molecule has 2 aromatic heterocycles. The number of hydrogen-bond donors (Lipinski definition) is 3. The summed E-state index contributed by atoms with van der Waals surface area (Å²) in [5.41, 5.74) is 4.12. The van der Waals surface area contributed by atoms with Crippen LogP contribution < -0.4 is 5.32 Å². The molecular formula is C23H20N4O3. The number of carboxylic acids is 1. The van der Waals surface area contributed by atoms with E-state index < -0.39 is 17.9 Å². The van der Waals surface area contributed by atoms with Crippen LogP contribution in [0.25, 0.3) is 22.2 Å². The van der Waals surface area contributed by atoms with Crippen LogP contribution in [0.2, 0.25) is 0 Å². The molecule has 4 rings (SSSR count). The molecule has 0 spiro atoms. The number of para-hydroxylation sites is 1. The van der Waals surface area contributed by atoms with Gasteiger partial charge in [0.1, 0.15) is 0 Å². The minimum atomic E-state index is -1.22. The summed E-state index contributed by atoms with van der Waals surface area (Å²) in [6.45, 7) is 3.43. The highest BCUT2D eigenvalue weighted by Crippen LogP contribution is 2.26. The number of nitrogens with zero attached hydrogens (tertiary/aromatic N) is 2. The number of carboxylic acid groups (broad SMARTS) is 1. The van der Waals surface area contributed by atoms with Crippen molar-refractivity contribution < 1.29 is 14.7 Å². The SMILES string of the molecule is Cc1n[nH]c(C)c1[C@@H](NC(=O)c1cc(-c2ccccc2)nc2ccccc12)C(=O)O. The second-order valence-electron chi connectivity index (χ2n) is 7.03. The van der Waals surface area contributed by atoms with Crippen LogP contribution in [-0.2, 0) is 4.79 Å². The summed E-state index contributed by atoms with van der Waals surface area (Å²) >= 11 is 0. The number of carbonyl (C=O) groups excluding carboxylic acids is 1. The van der Waals surface area contributed by atoms with Crippen LogP contribution in [0.15, 0.2) is 60.7 Å². The zero-order chi connectivity index (χ0) is 21.3. The zero-order valence-corrected chi connectivity index (χ0v) is 16.5. The molecule has 0 unspecified atom stereocenters. The van der Waals surface area contributed by atoms with Gasteiger partial charge in [-0.1, -0.05) is 48.5 Å². The van der Waals surface area contributed by atoms with E-state index in [1.54, 1.807) is 26.0 Å². The Morgan fingerprint density at radius 1 is 1.03 bits per heavy atom. The van der Waals surface area contributed by atoms with E-state index in [2.05, 4.69) is 20.5 Å². The number of H-pyrrole nitrogens is 1. The van der Waals surface area contributed by atoms with Gasteiger partial charge in [-0.2, -0.15) is 5.10 Å². The van der Waals surface area contributed by atoms with Crippen LogP contribution in [0.4, 0.5) is 0 Å². The molecule has 0 saturated heterocycles. The van der Waals surface area contributed by atoms with Crippen molar-refractivity contribution in [3.8, 4) is 11.3 Å². The lowest BCUT2D eigenvalue weighted by Crippen LogP contribution is -2.34. The first-order chi connectivity index (χ1) is 14.5. The largest absolute Gasteiger partial charge is 0.479 e. The smallest absolute Gasteiger partial charge is 0.331 e. The molecule has 0 aliphatic heterocycles. The molecule has 2 aromatic carbocycles. The van der Waals surface area contributed by atoms with Gasteiger partial charge in [0.05, 0.1) is 22.5 Å². The molecule has 0 aliphatic rings. The highest BCUT2D eigenvalue weighted by Gasteiger charge is 2.28. The average molecular weight is 400 g/mol. The Bertz CT molecular complexity index is 1230. The van der Waals surface area contributed by atoms with Gasteiger partial charge in [-0.15, -0.1) is 0 Å². The maximum Gasteiger partial charge on any atom is 0.331 e. The predicted molar refractivity (Wildman–Crippen MR) is 113 cm³/mol. The lowest BCUT2D eigenvalue weighted by molar-refractivity contribution is -0.139. The lowest BCUT2D eigenvalue weighted by Gasteiger charge is -2.16. The third-order valence-electron chi connectivity index (χ3n) is 5.03. The number of hydrogen-bond acceptors (Lipinski definition) is 4. The molecule has 7 heteroatoms. The van der Waals surface area contributed by atoms with Gasteiger partial charge in [-0.3, -0.25) is 9.89 Å². The number of carbonyl (C=O) groups is 2. The molecule has 30 heavy (non-hydrogen) atoms. The standard InChI is InChI=1S/C23H20N4O3/c1-13-20(14(2)27-26-13)21(23(29)30)25-22(28)17-12-19(15-8-4-3-5-9-15)24-18-11-7-6-10-16(17)18/h3-12,21H,1-2H3,(H,25,28)(H,26,27)(H,29,30)/t21-/m1/s1. The van der Waals surface area contributed by atoms with Crippen molar-refractivity contribution >= 4 is 22.8 Å². The van der Waals surface area contributed by atoms with E-state index in [-0.39, 0.29) is 0 Å². The fraction of sp³-hybridized carbons (Fsp3) is 0.130. The van der Waals surface area contributed by atoms with Gasteiger partial charge < -0.3 is 10.4 Å². The molecule has 0 radical (unpaired) electrons. The molecule has 0 bridgehead atoms. The number of aromatic nitrogens is 3. The normalized spacial score (nSPS) is 11.9. The van der Waals surface area contributed by atoms with Crippen molar-refractivity contribution in [2.45, 2.75) is 19.9 Å². The number of pyridine rings is 1. The maximum atomic E-state index is 13.2. The molecule has 0 fully saturated rings. The van der Waals surface area contributed by atoms with Gasteiger partial charge in [0.2, 0.25) is 0 Å². The summed E-state index contributed by atoms with van der Waals surface area (Å²) < 4.78 is 0. The third-order valence-corrected chi connectivity index (χ3v) is 5.03. The number of amides is 1. The minimum Gasteiger partial charge on any atom is -0.479 e. The van der Waals surface area contributed by atoms with Gasteiger partial charge >= 0.3 is 5.97 Å². The van der Waals surface area contributed by atoms with Crippen LogP contribution in [0.5, 0.6) is 0 Å². The molecule has 3 N–H and O–H groups in total. The number of nitrogens with one attached hydrogen (secondary N) is 2. The molecule has 4 aromatic rings. The first kappa shape index (κ1) is 19.3. The van der Waals surface area contributed by atoms with E-state index in [9.17, 15) is 14.7 Å². The first-order valence-corrected chi connectivity index (χ1v) is 9.46. The van der Waals surface area contributed by atoms with E-state index >= 15 is 0 Å². The second kappa shape index (κ2) is 7.79. The third kappa shape index (κ3) is 3.53. The fourth-order valence-electron chi connectivity index (χ4n) is 3.57. The van der Waals surface area contributed by atoms with E-state index in [0.717, 1.165) is 5.56 Å². The molecule has 150 valence electrons. The quantitative estimate of drug-likeness (QED) is 0.472. The topological polar surface area (TPSA) is 108 Å². The Balaban J connectivity index is 1.80. The summed E-state index contributed by atoms with van der Waals surface area (Å²) in [6.07, 6.45) is 0. The van der Waals surface area contributed by atoms with E-state index in [1.807, 2.05) is 48.5 Å². The molecular weight excluding hydrogens is 380 g/mol. The summed E-state index contributed by atoms with van der Waals surface area (Å²) in [4.78, 5) is 29.9. The van der Waals surface area contributed by atoms with Gasteiger partial charge in [0.15, 0.2) is 6.04 Å². The molecule has 1 atom stereocenters. The monoisotopic (exact) mass is 400 g/mol. The Morgan fingerprint density at radius 3 is 2.40 bits per heavy atom. The van der Waals surface area contributed by atoms with Crippen LogP contribution in [-0.4, -0.2) is 32.2 Å². The van der Waals surface area contributed by atoms with Gasteiger partial charge in [0, 0.05) is 22.2 Å². The second-order valence-corrected chi connectivity index (χ2v) is 7.03. The number of aromatic amines is 1. The summed E-state index contributed by atoms with van der Waals surface area (Å²) in [5, 5.41) is 19.9. The molecule has 2 heterocycles. The number of rotatable bonds is 5. The van der Waals surface area contributed by atoms with E-state index in [0.29, 0.717) is 39.1 Å². The predicted octanol–water partition coefficient (Wildman–Crippen LogP) is 3.80. The van der Waals surface area contributed by atoms with Crippen molar-refractivity contribution in [2.24, 2.45) is 0 Å². The van der Waals surface area contributed by atoms with Crippen LogP contribution >= 0.6 is 0 Å². The van der Waals surface area contributed by atoms with Crippen LogP contribution in [0.3, 0.4) is 0 Å². The number of benzene rings is 2. The van der Waals surface area contributed by atoms with Crippen LogP contribution in [0.1, 0.15) is 33.4 Å². The summed E-state index contributed by atoms with van der Waals surface area (Å²) in [7, 11) is 0.